The summed E-state index contributed by atoms with van der Waals surface area (Å²) in [6, 6.07) is 0. The second kappa shape index (κ2) is 13.6. The molecule has 0 spiro atoms. The summed E-state index contributed by atoms with van der Waals surface area (Å²) >= 11 is 0. The highest BCUT2D eigenvalue weighted by Crippen LogP contribution is 2.19. The Morgan fingerprint density at radius 2 is 1.70 bits per heavy atom. The van der Waals surface area contributed by atoms with Gasteiger partial charge in [0.05, 0.1) is 6.10 Å². The highest BCUT2D eigenvalue weighted by atomic mass is 16.5. The molecule has 0 aliphatic carbocycles. The summed E-state index contributed by atoms with van der Waals surface area (Å²) in [7, 11) is 0. The van der Waals surface area contributed by atoms with Crippen LogP contribution in [0.5, 0.6) is 0 Å². The van der Waals surface area contributed by atoms with E-state index in [2.05, 4.69) is 33.8 Å². The van der Waals surface area contributed by atoms with Crippen molar-refractivity contribution in [2.24, 2.45) is 11.8 Å². The van der Waals surface area contributed by atoms with Gasteiger partial charge in [0, 0.05) is 6.42 Å². The fraction of sp³-hybridized carbons (Fsp3) is 0.850. The molecule has 0 rings (SSSR count). The maximum absolute atomic E-state index is 11.4. The van der Waals surface area contributed by atoms with Gasteiger partial charge in [0.25, 0.3) is 0 Å². The van der Waals surface area contributed by atoms with Crippen molar-refractivity contribution in [2.75, 3.05) is 6.61 Å². The summed E-state index contributed by atoms with van der Waals surface area (Å²) in [6.45, 7) is 10.8. The third-order valence-corrected chi connectivity index (χ3v) is 4.07. The minimum Gasteiger partial charge on any atom is -0.463 e. The fourth-order valence-electron chi connectivity index (χ4n) is 2.57. The van der Waals surface area contributed by atoms with Gasteiger partial charge in [-0.05, 0) is 44.9 Å². The Morgan fingerprint density at radius 3 is 2.30 bits per heavy atom. The van der Waals surface area contributed by atoms with Crippen molar-refractivity contribution < 1.29 is 14.6 Å². The molecule has 0 heterocycles. The number of rotatable bonds is 13. The number of aliphatic hydroxyl groups excluding tert-OH is 1. The zero-order valence-electron chi connectivity index (χ0n) is 15.9. The monoisotopic (exact) mass is 326 g/mol. The van der Waals surface area contributed by atoms with Crippen LogP contribution < -0.4 is 0 Å². The molecule has 23 heavy (non-hydrogen) atoms. The summed E-state index contributed by atoms with van der Waals surface area (Å²) < 4.78 is 4.93. The van der Waals surface area contributed by atoms with Gasteiger partial charge in [-0.3, -0.25) is 4.79 Å². The Labute approximate surface area is 143 Å². The average molecular weight is 327 g/mol. The molecule has 0 aromatic rings. The van der Waals surface area contributed by atoms with E-state index >= 15 is 0 Å². The molecule has 0 fully saturated rings. The molecule has 0 amide bonds. The van der Waals surface area contributed by atoms with Gasteiger partial charge in [-0.1, -0.05) is 58.1 Å². The van der Waals surface area contributed by atoms with Crippen LogP contribution >= 0.6 is 0 Å². The van der Waals surface area contributed by atoms with Crippen molar-refractivity contribution in [3.8, 4) is 0 Å². The summed E-state index contributed by atoms with van der Waals surface area (Å²) in [5.74, 6) is 1.41. The molecular formula is C20H38O3. The summed E-state index contributed by atoms with van der Waals surface area (Å²) in [4.78, 5) is 11.4. The normalized spacial score (nSPS) is 14.8. The first-order valence-electron chi connectivity index (χ1n) is 9.30. The highest BCUT2D eigenvalue weighted by Gasteiger charge is 2.05. The van der Waals surface area contributed by atoms with Gasteiger partial charge in [0.2, 0.25) is 0 Å². The van der Waals surface area contributed by atoms with E-state index in [0.29, 0.717) is 6.42 Å². The lowest BCUT2D eigenvalue weighted by Gasteiger charge is -2.12. The van der Waals surface area contributed by atoms with Crippen LogP contribution in [0, 0.1) is 11.8 Å². The van der Waals surface area contributed by atoms with E-state index in [4.69, 9.17) is 9.84 Å². The number of carbonyl (C=O) groups excluding carboxylic acids is 1. The quantitative estimate of drug-likeness (QED) is 0.370. The fourth-order valence-corrected chi connectivity index (χ4v) is 2.57. The van der Waals surface area contributed by atoms with Crippen molar-refractivity contribution in [3.63, 3.8) is 0 Å². The molecule has 0 saturated carbocycles. The van der Waals surface area contributed by atoms with Gasteiger partial charge in [0.15, 0.2) is 0 Å². The first-order chi connectivity index (χ1) is 10.8. The standard InChI is InChI=1S/C20H38O3/c1-16(2)9-6-10-17(3)11-7-12-18(4)13-8-14-20(22)23-15-19(5)21/h13,16-17,19,21H,6-12,14-15H2,1-5H3/b18-13+. The van der Waals surface area contributed by atoms with Crippen LogP contribution in [0.25, 0.3) is 0 Å². The van der Waals surface area contributed by atoms with Crippen LogP contribution in [-0.2, 0) is 9.53 Å². The van der Waals surface area contributed by atoms with Crippen molar-refractivity contribution in [1.82, 2.24) is 0 Å². The van der Waals surface area contributed by atoms with Crippen molar-refractivity contribution in [1.29, 1.82) is 0 Å². The number of ether oxygens (including phenoxy) is 1. The SMILES string of the molecule is C/C(=C\CCC(=O)OCC(C)O)CCCC(C)CCCC(C)C. The summed E-state index contributed by atoms with van der Waals surface area (Å²) in [5, 5.41) is 9.05. The number of aliphatic hydroxyl groups is 1. The summed E-state index contributed by atoms with van der Waals surface area (Å²) in [5.41, 5.74) is 1.36. The van der Waals surface area contributed by atoms with Gasteiger partial charge in [0.1, 0.15) is 6.61 Å². The van der Waals surface area contributed by atoms with Gasteiger partial charge in [-0.15, -0.1) is 0 Å². The van der Waals surface area contributed by atoms with E-state index in [0.717, 1.165) is 24.7 Å². The van der Waals surface area contributed by atoms with Gasteiger partial charge < -0.3 is 9.84 Å². The van der Waals surface area contributed by atoms with Gasteiger partial charge in [-0.2, -0.15) is 0 Å². The van der Waals surface area contributed by atoms with Crippen LogP contribution in [0.3, 0.4) is 0 Å². The number of carbonyl (C=O) groups is 1. The second-order valence-corrected chi connectivity index (χ2v) is 7.44. The number of allylic oxidation sites excluding steroid dienone is 2. The topological polar surface area (TPSA) is 46.5 Å². The first kappa shape index (κ1) is 22.2. The molecule has 0 radical (unpaired) electrons. The number of hydrogen-bond donors (Lipinski definition) is 1. The molecule has 0 aromatic carbocycles. The van der Waals surface area contributed by atoms with E-state index in [1.54, 1.807) is 6.92 Å². The zero-order valence-corrected chi connectivity index (χ0v) is 15.9. The van der Waals surface area contributed by atoms with Gasteiger partial charge in [-0.25, -0.2) is 0 Å². The lowest BCUT2D eigenvalue weighted by atomic mass is 9.94. The zero-order chi connectivity index (χ0) is 17.7. The van der Waals surface area contributed by atoms with Crippen molar-refractivity contribution in [3.05, 3.63) is 11.6 Å². The predicted molar refractivity (Wildman–Crippen MR) is 97.3 cm³/mol. The molecule has 2 atom stereocenters. The minimum absolute atomic E-state index is 0.0935. The molecule has 1 N–H and O–H groups in total. The molecule has 0 aliphatic rings. The minimum atomic E-state index is -0.584. The van der Waals surface area contributed by atoms with Crippen LogP contribution in [0.1, 0.15) is 86.0 Å². The molecule has 0 aliphatic heterocycles. The third-order valence-electron chi connectivity index (χ3n) is 4.07. The molecular weight excluding hydrogens is 288 g/mol. The van der Waals surface area contributed by atoms with E-state index in [-0.39, 0.29) is 12.6 Å². The lowest BCUT2D eigenvalue weighted by Crippen LogP contribution is -2.14. The van der Waals surface area contributed by atoms with Gasteiger partial charge >= 0.3 is 5.97 Å². The molecule has 0 saturated heterocycles. The molecule has 2 unspecified atom stereocenters. The summed E-state index contributed by atoms with van der Waals surface area (Å²) in [6.07, 6.45) is 10.4. The Kier molecular flexibility index (Phi) is 13.1. The predicted octanol–water partition coefficient (Wildman–Crippen LogP) is 5.27. The second-order valence-electron chi connectivity index (χ2n) is 7.44. The first-order valence-corrected chi connectivity index (χ1v) is 9.30. The van der Waals surface area contributed by atoms with Crippen LogP contribution in [0.2, 0.25) is 0 Å². The maximum atomic E-state index is 11.4. The van der Waals surface area contributed by atoms with E-state index in [1.165, 1.54) is 37.7 Å². The van der Waals surface area contributed by atoms with Crippen LogP contribution in [-0.4, -0.2) is 23.8 Å². The smallest absolute Gasteiger partial charge is 0.306 e. The Bertz CT molecular complexity index is 332. The molecule has 3 nitrogen and oxygen atoms in total. The Morgan fingerprint density at radius 1 is 1.04 bits per heavy atom. The Hall–Kier alpha value is -0.830. The van der Waals surface area contributed by atoms with Crippen molar-refractivity contribution >= 4 is 5.97 Å². The molecule has 0 aromatic heterocycles. The van der Waals surface area contributed by atoms with Crippen LogP contribution in [0.15, 0.2) is 11.6 Å². The molecule has 3 heteroatoms. The third kappa shape index (κ3) is 15.8. The van der Waals surface area contributed by atoms with E-state index in [1.807, 2.05) is 0 Å². The largest absolute Gasteiger partial charge is 0.463 e. The Balaban J connectivity index is 3.68. The maximum Gasteiger partial charge on any atom is 0.306 e. The van der Waals surface area contributed by atoms with Crippen LogP contribution in [0.4, 0.5) is 0 Å². The number of esters is 1. The lowest BCUT2D eigenvalue weighted by molar-refractivity contribution is -0.146. The van der Waals surface area contributed by atoms with E-state index in [9.17, 15) is 4.79 Å². The highest BCUT2D eigenvalue weighted by molar-refractivity contribution is 5.69. The molecule has 0 bridgehead atoms. The number of hydrogen-bond acceptors (Lipinski definition) is 3. The molecule has 136 valence electrons. The average Bonchev–Trinajstić information content (AvgIpc) is 2.44. The van der Waals surface area contributed by atoms with Crippen molar-refractivity contribution in [2.45, 2.75) is 92.1 Å². The van der Waals surface area contributed by atoms with E-state index < -0.39 is 6.10 Å².